The van der Waals surface area contributed by atoms with Gasteiger partial charge < -0.3 is 5.32 Å². The normalized spacial score (nSPS) is 12.2. The smallest absolute Gasteiger partial charge is 0.249 e. The first kappa shape index (κ1) is 26.7. The van der Waals surface area contributed by atoms with Gasteiger partial charge in [-0.25, -0.2) is 9.07 Å². The third-order valence-electron chi connectivity index (χ3n) is 6.56. The zero-order valence-electron chi connectivity index (χ0n) is 21.8. The minimum absolute atomic E-state index is 0.0296. The van der Waals surface area contributed by atoms with Gasteiger partial charge in [0.05, 0.1) is 5.52 Å². The van der Waals surface area contributed by atoms with Crippen LogP contribution in [0.1, 0.15) is 56.1 Å². The van der Waals surface area contributed by atoms with E-state index in [-0.39, 0.29) is 23.6 Å². The summed E-state index contributed by atoms with van der Waals surface area (Å²) in [5, 5.41) is 11.2. The van der Waals surface area contributed by atoms with Gasteiger partial charge in [-0.1, -0.05) is 54.6 Å². The molecule has 1 atom stereocenters. The second kappa shape index (κ2) is 10.9. The molecule has 0 aliphatic carbocycles. The number of halogens is 1. The Bertz CT molecular complexity index is 1500. The lowest BCUT2D eigenvalue weighted by Gasteiger charge is -2.35. The second-order valence-corrected chi connectivity index (χ2v) is 9.76. The van der Waals surface area contributed by atoms with Gasteiger partial charge in [0.2, 0.25) is 11.8 Å². The van der Waals surface area contributed by atoms with E-state index >= 15 is 4.39 Å². The molecule has 0 spiro atoms. The molecule has 0 fully saturated rings. The minimum atomic E-state index is -1.36. The van der Waals surface area contributed by atoms with Gasteiger partial charge in [-0.05, 0) is 57.5 Å². The summed E-state index contributed by atoms with van der Waals surface area (Å²) in [6.45, 7) is 6.78. The van der Waals surface area contributed by atoms with Crippen LogP contribution < -0.4 is 10.2 Å². The molecule has 0 saturated heterocycles. The molecule has 0 saturated carbocycles. The molecule has 1 unspecified atom stereocenters. The number of hydrogen-bond acceptors (Lipinski definition) is 5. The van der Waals surface area contributed by atoms with Crippen LogP contribution in [0, 0.1) is 5.82 Å². The van der Waals surface area contributed by atoms with Gasteiger partial charge in [0.15, 0.2) is 5.78 Å². The first-order valence-electron chi connectivity index (χ1n) is 12.4. The van der Waals surface area contributed by atoms with Crippen molar-refractivity contribution < 1.29 is 18.8 Å². The van der Waals surface area contributed by atoms with Crippen molar-refractivity contribution in [3.05, 3.63) is 89.7 Å². The summed E-state index contributed by atoms with van der Waals surface area (Å²) < 4.78 is 16.7. The van der Waals surface area contributed by atoms with E-state index < -0.39 is 29.2 Å². The first-order chi connectivity index (χ1) is 18.1. The highest BCUT2D eigenvalue weighted by Crippen LogP contribution is 2.31. The zero-order chi connectivity index (χ0) is 27.4. The number of carbonyl (C=O) groups is 3. The summed E-state index contributed by atoms with van der Waals surface area (Å²) in [6, 6.07) is 18.1. The maximum atomic E-state index is 15.2. The summed E-state index contributed by atoms with van der Waals surface area (Å²) in [4.78, 5) is 41.3. The number of Topliss-reactive ketones (excluding diaryl/α,β-unsaturated/α-hetero) is 1. The SMILES string of the molecule is CCC(C)(C)NC(=O)C(c1ccccc1F)N(C(=O)Cn1nnc2ccccc21)c1cccc(C(C)=O)c1. The van der Waals surface area contributed by atoms with Gasteiger partial charge in [0.25, 0.3) is 0 Å². The van der Waals surface area contributed by atoms with Crippen LogP contribution in [0.5, 0.6) is 0 Å². The zero-order valence-corrected chi connectivity index (χ0v) is 21.8. The number of nitrogens with one attached hydrogen (secondary N) is 1. The molecule has 4 aromatic rings. The Morgan fingerprint density at radius 3 is 2.45 bits per heavy atom. The molecule has 1 aromatic heterocycles. The maximum absolute atomic E-state index is 15.2. The Morgan fingerprint density at radius 1 is 1.03 bits per heavy atom. The van der Waals surface area contributed by atoms with E-state index in [9.17, 15) is 14.4 Å². The predicted octanol–water partition coefficient (Wildman–Crippen LogP) is 4.85. The lowest BCUT2D eigenvalue weighted by atomic mass is 9.97. The van der Waals surface area contributed by atoms with Crippen LogP contribution in [0.3, 0.4) is 0 Å². The Labute approximate surface area is 220 Å². The largest absolute Gasteiger partial charge is 0.349 e. The molecule has 0 aliphatic rings. The number of anilines is 1. The molecular formula is C29H30FN5O3. The minimum Gasteiger partial charge on any atom is -0.349 e. The van der Waals surface area contributed by atoms with Crippen molar-refractivity contribution in [2.75, 3.05) is 4.90 Å². The lowest BCUT2D eigenvalue weighted by molar-refractivity contribution is -0.128. The number of nitrogens with zero attached hydrogens (tertiary/aromatic N) is 4. The molecule has 0 bridgehead atoms. The third kappa shape index (κ3) is 5.61. The van der Waals surface area contributed by atoms with Crippen LogP contribution in [-0.4, -0.2) is 38.1 Å². The monoisotopic (exact) mass is 515 g/mol. The van der Waals surface area contributed by atoms with Crippen molar-refractivity contribution in [2.45, 2.75) is 52.2 Å². The summed E-state index contributed by atoms with van der Waals surface area (Å²) in [6.07, 6.45) is 0.613. The lowest BCUT2D eigenvalue weighted by Crippen LogP contribution is -2.51. The number of carbonyl (C=O) groups excluding carboxylic acids is 3. The van der Waals surface area contributed by atoms with Crippen LogP contribution >= 0.6 is 0 Å². The molecule has 2 amide bonds. The Hall–Kier alpha value is -4.40. The van der Waals surface area contributed by atoms with Crippen molar-refractivity contribution in [1.29, 1.82) is 0 Å². The molecule has 38 heavy (non-hydrogen) atoms. The fourth-order valence-corrected chi connectivity index (χ4v) is 4.13. The average molecular weight is 516 g/mol. The summed E-state index contributed by atoms with van der Waals surface area (Å²) in [7, 11) is 0. The Morgan fingerprint density at radius 2 is 1.74 bits per heavy atom. The predicted molar refractivity (Wildman–Crippen MR) is 143 cm³/mol. The van der Waals surface area contributed by atoms with Crippen LogP contribution in [-0.2, 0) is 16.1 Å². The highest BCUT2D eigenvalue weighted by Gasteiger charge is 2.37. The van der Waals surface area contributed by atoms with Gasteiger partial charge in [0, 0.05) is 22.4 Å². The van der Waals surface area contributed by atoms with Gasteiger partial charge in [-0.15, -0.1) is 5.10 Å². The molecule has 8 nitrogen and oxygen atoms in total. The molecule has 0 aliphatic heterocycles. The maximum Gasteiger partial charge on any atom is 0.249 e. The van der Waals surface area contributed by atoms with Crippen LogP contribution in [0.2, 0.25) is 0 Å². The topological polar surface area (TPSA) is 97.2 Å². The highest BCUT2D eigenvalue weighted by molar-refractivity contribution is 6.03. The van der Waals surface area contributed by atoms with Crippen molar-refractivity contribution in [3.8, 4) is 0 Å². The third-order valence-corrected chi connectivity index (χ3v) is 6.56. The number of para-hydroxylation sites is 1. The molecular weight excluding hydrogens is 485 g/mol. The van der Waals surface area contributed by atoms with Crippen LogP contribution in [0.15, 0.2) is 72.8 Å². The van der Waals surface area contributed by atoms with E-state index in [2.05, 4.69) is 15.6 Å². The van der Waals surface area contributed by atoms with Gasteiger partial charge >= 0.3 is 0 Å². The number of hydrogen-bond donors (Lipinski definition) is 1. The fourth-order valence-electron chi connectivity index (χ4n) is 4.13. The molecule has 4 rings (SSSR count). The van der Waals surface area contributed by atoms with E-state index in [1.807, 2.05) is 32.9 Å². The quantitative estimate of drug-likeness (QED) is 0.321. The molecule has 0 radical (unpaired) electrons. The molecule has 1 heterocycles. The molecule has 196 valence electrons. The van der Waals surface area contributed by atoms with Gasteiger partial charge in [-0.3, -0.25) is 19.3 Å². The Balaban J connectivity index is 1.88. The van der Waals surface area contributed by atoms with Gasteiger partial charge in [0.1, 0.15) is 23.9 Å². The van der Waals surface area contributed by atoms with E-state index in [4.69, 9.17) is 0 Å². The number of ketones is 1. The Kier molecular flexibility index (Phi) is 7.66. The van der Waals surface area contributed by atoms with Crippen molar-refractivity contribution in [1.82, 2.24) is 20.3 Å². The summed E-state index contributed by atoms with van der Waals surface area (Å²) >= 11 is 0. The van der Waals surface area contributed by atoms with E-state index in [1.54, 1.807) is 36.4 Å². The molecule has 9 heteroatoms. The summed E-state index contributed by atoms with van der Waals surface area (Å²) in [5.74, 6) is -1.92. The average Bonchev–Trinajstić information content (AvgIpc) is 3.30. The second-order valence-electron chi connectivity index (χ2n) is 9.76. The number of benzene rings is 3. The van der Waals surface area contributed by atoms with E-state index in [0.29, 0.717) is 23.0 Å². The van der Waals surface area contributed by atoms with Gasteiger partial charge in [-0.2, -0.15) is 0 Å². The molecule has 3 aromatic carbocycles. The van der Waals surface area contributed by atoms with Crippen molar-refractivity contribution in [3.63, 3.8) is 0 Å². The number of amides is 2. The summed E-state index contributed by atoms with van der Waals surface area (Å²) in [5.41, 5.74) is 1.30. The van der Waals surface area contributed by atoms with Crippen molar-refractivity contribution in [2.24, 2.45) is 0 Å². The fraction of sp³-hybridized carbons (Fsp3) is 0.276. The van der Waals surface area contributed by atoms with E-state index in [1.165, 1.54) is 40.8 Å². The first-order valence-corrected chi connectivity index (χ1v) is 12.4. The van der Waals surface area contributed by atoms with Crippen LogP contribution in [0.4, 0.5) is 10.1 Å². The number of rotatable bonds is 9. The number of aromatic nitrogens is 3. The van der Waals surface area contributed by atoms with Crippen LogP contribution in [0.25, 0.3) is 11.0 Å². The number of fused-ring (bicyclic) bond motifs is 1. The molecule has 1 N–H and O–H groups in total. The standard InChI is InChI=1S/C29H30FN5O3/c1-5-29(3,4)31-28(38)27(22-13-6-7-14-23(22)30)35(21-12-10-11-20(17-21)19(2)36)26(37)18-34-25-16-9-8-15-24(25)32-33-34/h6-17,27H,5,18H2,1-4H3,(H,31,38). The van der Waals surface area contributed by atoms with E-state index in [0.717, 1.165) is 0 Å². The highest BCUT2D eigenvalue weighted by atomic mass is 19.1. The van der Waals surface area contributed by atoms with Crippen molar-refractivity contribution >= 4 is 34.3 Å².